The van der Waals surface area contributed by atoms with Gasteiger partial charge in [0.1, 0.15) is 18.1 Å². The third-order valence-corrected chi connectivity index (χ3v) is 3.50. The number of carbonyl (C=O) groups is 3. The van der Waals surface area contributed by atoms with Crippen LogP contribution < -0.4 is 10.1 Å². The van der Waals surface area contributed by atoms with Gasteiger partial charge in [-0.15, -0.1) is 0 Å². The normalized spacial score (nSPS) is 10.1. The number of nitrogens with zero attached hydrogens (tertiary/aromatic N) is 1. The van der Waals surface area contributed by atoms with E-state index in [0.29, 0.717) is 17.1 Å². The fourth-order valence-corrected chi connectivity index (χ4v) is 2.02. The van der Waals surface area contributed by atoms with Gasteiger partial charge in [-0.2, -0.15) is 0 Å². The highest BCUT2D eigenvalue weighted by molar-refractivity contribution is 5.96. The lowest BCUT2D eigenvalue weighted by molar-refractivity contribution is -0.150. The van der Waals surface area contributed by atoms with Gasteiger partial charge in [0.05, 0.1) is 19.9 Å². The van der Waals surface area contributed by atoms with Gasteiger partial charge >= 0.3 is 5.97 Å². The van der Waals surface area contributed by atoms with E-state index in [2.05, 4.69) is 5.32 Å². The van der Waals surface area contributed by atoms with Crippen LogP contribution in [0.2, 0.25) is 0 Å². The second-order valence-electron chi connectivity index (χ2n) is 5.40. The zero-order valence-corrected chi connectivity index (χ0v) is 14.6. The quantitative estimate of drug-likeness (QED) is 0.711. The molecule has 0 radical (unpaired) electrons. The molecule has 2 amide bonds. The molecule has 0 saturated carbocycles. The van der Waals surface area contributed by atoms with Crippen molar-refractivity contribution in [1.29, 1.82) is 0 Å². The Labute approximate surface area is 150 Å². The number of likely N-dealkylation sites (N-methyl/N-ethyl adjacent to an activating group) is 1. The molecule has 0 atom stereocenters. The highest BCUT2D eigenvalue weighted by Crippen LogP contribution is 2.11. The smallest absolute Gasteiger partial charge is 0.325 e. The summed E-state index contributed by atoms with van der Waals surface area (Å²) in [5, 5.41) is 2.43. The summed E-state index contributed by atoms with van der Waals surface area (Å²) in [7, 11) is 3.10. The molecule has 0 aliphatic rings. The number of benzene rings is 1. The molecule has 1 heterocycles. The minimum Gasteiger partial charge on any atom is -0.497 e. The molecular weight excluding hydrogens is 340 g/mol. The number of furan rings is 1. The van der Waals surface area contributed by atoms with Crippen LogP contribution in [0.3, 0.4) is 0 Å². The highest BCUT2D eigenvalue weighted by Gasteiger charge is 2.14. The Balaban J connectivity index is 1.70. The van der Waals surface area contributed by atoms with Crippen LogP contribution in [0.4, 0.5) is 0 Å². The van der Waals surface area contributed by atoms with Crippen LogP contribution in [0.1, 0.15) is 16.1 Å². The molecule has 0 bridgehead atoms. The molecule has 0 aliphatic heterocycles. The largest absolute Gasteiger partial charge is 0.497 e. The SMILES string of the molecule is COc1ccc(C(=O)NCC(=O)OCC(=O)N(C)Cc2ccco2)cc1. The first-order valence-electron chi connectivity index (χ1n) is 7.84. The van der Waals surface area contributed by atoms with Crippen molar-refractivity contribution >= 4 is 17.8 Å². The summed E-state index contributed by atoms with van der Waals surface area (Å²) in [6.45, 7) is -0.466. The molecule has 0 spiro atoms. The average Bonchev–Trinajstić information content (AvgIpc) is 3.17. The number of methoxy groups -OCH3 is 1. The predicted octanol–water partition coefficient (Wildman–Crippen LogP) is 1.22. The summed E-state index contributed by atoms with van der Waals surface area (Å²) in [4.78, 5) is 36.9. The van der Waals surface area contributed by atoms with Crippen LogP contribution in [-0.4, -0.2) is 50.0 Å². The first kappa shape index (κ1) is 19.0. The zero-order valence-electron chi connectivity index (χ0n) is 14.6. The van der Waals surface area contributed by atoms with Gasteiger partial charge in [0.2, 0.25) is 0 Å². The van der Waals surface area contributed by atoms with Crippen molar-refractivity contribution in [2.75, 3.05) is 27.3 Å². The Morgan fingerprint density at radius 3 is 2.50 bits per heavy atom. The number of rotatable bonds is 8. The van der Waals surface area contributed by atoms with Crippen LogP contribution in [0.15, 0.2) is 47.1 Å². The summed E-state index contributed by atoms with van der Waals surface area (Å²) in [6, 6.07) is 9.89. The fourth-order valence-electron chi connectivity index (χ4n) is 2.02. The highest BCUT2D eigenvalue weighted by atomic mass is 16.5. The molecule has 2 rings (SSSR count). The molecule has 0 fully saturated rings. The van der Waals surface area contributed by atoms with E-state index < -0.39 is 18.5 Å². The topological polar surface area (TPSA) is 98.1 Å². The van der Waals surface area contributed by atoms with Crippen LogP contribution in [-0.2, 0) is 20.9 Å². The second kappa shape index (κ2) is 9.26. The first-order chi connectivity index (χ1) is 12.5. The van der Waals surface area contributed by atoms with E-state index in [-0.39, 0.29) is 19.0 Å². The molecule has 26 heavy (non-hydrogen) atoms. The minimum atomic E-state index is -0.702. The van der Waals surface area contributed by atoms with Gasteiger partial charge in [-0.25, -0.2) is 0 Å². The number of ether oxygens (including phenoxy) is 2. The van der Waals surface area contributed by atoms with Crippen molar-refractivity contribution in [1.82, 2.24) is 10.2 Å². The summed E-state index contributed by atoms with van der Waals surface area (Å²) in [6.07, 6.45) is 1.51. The van der Waals surface area contributed by atoms with E-state index in [0.717, 1.165) is 0 Å². The third-order valence-electron chi connectivity index (χ3n) is 3.50. The number of hydrogen-bond acceptors (Lipinski definition) is 6. The standard InChI is InChI=1S/C18H20N2O6/c1-20(11-15-4-3-9-25-15)16(21)12-26-17(22)10-19-18(23)13-5-7-14(24-2)8-6-13/h3-9H,10-12H2,1-2H3,(H,19,23). The lowest BCUT2D eigenvalue weighted by Crippen LogP contribution is -2.34. The molecule has 2 aromatic rings. The number of nitrogens with one attached hydrogen (secondary N) is 1. The van der Waals surface area contributed by atoms with Crippen molar-refractivity contribution in [3.8, 4) is 5.75 Å². The van der Waals surface area contributed by atoms with Crippen LogP contribution in [0.25, 0.3) is 0 Å². The predicted molar refractivity (Wildman–Crippen MR) is 91.5 cm³/mol. The second-order valence-corrected chi connectivity index (χ2v) is 5.40. The maximum absolute atomic E-state index is 11.9. The first-order valence-corrected chi connectivity index (χ1v) is 7.84. The third kappa shape index (κ3) is 5.66. The average molecular weight is 360 g/mol. The Hall–Kier alpha value is -3.29. The molecule has 138 valence electrons. The van der Waals surface area contributed by atoms with E-state index in [1.165, 1.54) is 18.3 Å². The number of hydrogen-bond donors (Lipinski definition) is 1. The van der Waals surface area contributed by atoms with Crippen LogP contribution in [0.5, 0.6) is 5.75 Å². The molecule has 1 aromatic carbocycles. The van der Waals surface area contributed by atoms with Crippen molar-refractivity contribution in [3.05, 3.63) is 54.0 Å². The summed E-state index contributed by atoms with van der Waals surface area (Å²) in [5.41, 5.74) is 0.382. The number of carbonyl (C=O) groups excluding carboxylic acids is 3. The molecule has 1 aromatic heterocycles. The van der Waals surface area contributed by atoms with Crippen LogP contribution >= 0.6 is 0 Å². The van der Waals surface area contributed by atoms with Crippen molar-refractivity contribution in [2.45, 2.75) is 6.54 Å². The Morgan fingerprint density at radius 2 is 1.88 bits per heavy atom. The van der Waals surface area contributed by atoms with Gasteiger partial charge in [-0.1, -0.05) is 0 Å². The monoisotopic (exact) mass is 360 g/mol. The molecule has 8 heteroatoms. The Kier molecular flexibility index (Phi) is 6.78. The summed E-state index contributed by atoms with van der Waals surface area (Å²) < 4.78 is 15.0. The number of esters is 1. The van der Waals surface area contributed by atoms with Gasteiger partial charge < -0.3 is 24.1 Å². The maximum Gasteiger partial charge on any atom is 0.325 e. The van der Waals surface area contributed by atoms with E-state index in [1.54, 1.807) is 43.4 Å². The van der Waals surface area contributed by atoms with Crippen molar-refractivity contribution < 1.29 is 28.3 Å². The van der Waals surface area contributed by atoms with Gasteiger partial charge in [-0.3, -0.25) is 14.4 Å². The summed E-state index contributed by atoms with van der Waals surface area (Å²) >= 11 is 0. The molecule has 0 aliphatic carbocycles. The van der Waals surface area contributed by atoms with Gasteiger partial charge in [0.25, 0.3) is 11.8 Å². The molecule has 0 saturated heterocycles. The maximum atomic E-state index is 11.9. The molecular formula is C18H20N2O6. The van der Waals surface area contributed by atoms with E-state index in [1.807, 2.05) is 0 Å². The van der Waals surface area contributed by atoms with Crippen LogP contribution in [0, 0.1) is 0 Å². The lowest BCUT2D eigenvalue weighted by atomic mass is 10.2. The van der Waals surface area contributed by atoms with Crippen molar-refractivity contribution in [3.63, 3.8) is 0 Å². The molecule has 1 N–H and O–H groups in total. The lowest BCUT2D eigenvalue weighted by Gasteiger charge is -2.15. The van der Waals surface area contributed by atoms with E-state index >= 15 is 0 Å². The minimum absolute atomic E-state index is 0.275. The Bertz CT molecular complexity index is 740. The van der Waals surface area contributed by atoms with Crippen molar-refractivity contribution in [2.24, 2.45) is 0 Å². The van der Waals surface area contributed by atoms with E-state index in [9.17, 15) is 14.4 Å². The molecule has 0 unspecified atom stereocenters. The van der Waals surface area contributed by atoms with Gasteiger partial charge in [0.15, 0.2) is 6.61 Å². The Morgan fingerprint density at radius 1 is 1.15 bits per heavy atom. The summed E-state index contributed by atoms with van der Waals surface area (Å²) in [5.74, 6) is -0.259. The van der Waals surface area contributed by atoms with E-state index in [4.69, 9.17) is 13.9 Å². The zero-order chi connectivity index (χ0) is 18.9. The van der Waals surface area contributed by atoms with Gasteiger partial charge in [0, 0.05) is 12.6 Å². The fraction of sp³-hybridized carbons (Fsp3) is 0.278. The molecule has 8 nitrogen and oxygen atoms in total. The number of amides is 2. The van der Waals surface area contributed by atoms with Gasteiger partial charge in [-0.05, 0) is 36.4 Å².